The largest absolute Gasteiger partial charge is 0.480 e. The molecule has 4 N–H and O–H groups in total. The molecule has 0 heterocycles. The summed E-state index contributed by atoms with van der Waals surface area (Å²) in [7, 11) is 0. The quantitative estimate of drug-likeness (QED) is 0.490. The Bertz CT molecular complexity index is 981. The van der Waals surface area contributed by atoms with E-state index < -0.39 is 42.6 Å². The van der Waals surface area contributed by atoms with Crippen LogP contribution in [0.5, 0.6) is 0 Å². The fourth-order valence-electron chi connectivity index (χ4n) is 3.55. The average Bonchev–Trinajstić information content (AvgIpc) is 3.07. The van der Waals surface area contributed by atoms with E-state index in [9.17, 15) is 28.3 Å². The van der Waals surface area contributed by atoms with Gasteiger partial charge in [0.2, 0.25) is 0 Å². The Kier molecular flexibility index (Phi) is 6.73. The number of benzene rings is 2. The van der Waals surface area contributed by atoms with Crippen LogP contribution in [-0.2, 0) is 14.3 Å². The molecule has 0 aromatic heterocycles. The number of carboxylic acid groups (broad SMARTS) is 1. The number of aliphatic hydroxyl groups is 1. The van der Waals surface area contributed by atoms with Crippen LogP contribution >= 0.6 is 0 Å². The van der Waals surface area contributed by atoms with Crippen molar-refractivity contribution in [1.29, 1.82) is 0 Å². The maximum Gasteiger partial charge on any atom is 0.407 e. The van der Waals surface area contributed by atoms with Crippen molar-refractivity contribution in [2.24, 2.45) is 0 Å². The number of hydrogen-bond donors (Lipinski definition) is 4. The summed E-state index contributed by atoms with van der Waals surface area (Å²) in [4.78, 5) is 34.7. The number of carbonyl (C=O) groups is 3. The number of ether oxygens (including phenoxy) is 1. The molecule has 10 heteroatoms. The fourth-order valence-corrected chi connectivity index (χ4v) is 3.55. The van der Waals surface area contributed by atoms with E-state index in [1.807, 2.05) is 53.8 Å². The highest BCUT2D eigenvalue weighted by Gasteiger charge is 2.42. The summed E-state index contributed by atoms with van der Waals surface area (Å²) in [5.74, 6) is -7.99. The van der Waals surface area contributed by atoms with Gasteiger partial charge in [-0.3, -0.25) is 4.79 Å². The fraction of sp³-hybridized carbons (Fsp3) is 0.318. The Labute approximate surface area is 182 Å². The van der Waals surface area contributed by atoms with E-state index in [1.54, 1.807) is 5.32 Å². The van der Waals surface area contributed by atoms with Crippen LogP contribution in [0.4, 0.5) is 13.6 Å². The van der Waals surface area contributed by atoms with Gasteiger partial charge < -0.3 is 25.6 Å². The molecule has 1 aliphatic rings. The number of aliphatic carboxylic acids is 1. The molecule has 170 valence electrons. The van der Waals surface area contributed by atoms with Crippen molar-refractivity contribution in [2.45, 2.75) is 30.9 Å². The van der Waals surface area contributed by atoms with Crippen LogP contribution in [0.25, 0.3) is 11.1 Å². The second-order valence-electron chi connectivity index (χ2n) is 7.41. The zero-order valence-corrected chi connectivity index (χ0v) is 17.0. The average molecular weight is 448 g/mol. The van der Waals surface area contributed by atoms with Gasteiger partial charge in [0.25, 0.3) is 5.91 Å². The topological polar surface area (TPSA) is 125 Å². The van der Waals surface area contributed by atoms with E-state index in [-0.39, 0.29) is 12.5 Å². The summed E-state index contributed by atoms with van der Waals surface area (Å²) in [5.41, 5.74) is 3.91. The Morgan fingerprint density at radius 1 is 1.06 bits per heavy atom. The highest BCUT2D eigenvalue weighted by atomic mass is 19.3. The number of carbonyl (C=O) groups excluding carboxylic acids is 2. The smallest absolute Gasteiger partial charge is 0.407 e. The van der Waals surface area contributed by atoms with Gasteiger partial charge in [0.15, 0.2) is 6.04 Å². The number of nitrogens with one attached hydrogen (secondary N) is 2. The third kappa shape index (κ3) is 4.86. The SMILES string of the molecule is CC(O)C(NC(=O)C(F)(F)CNC(=O)OCC1c2ccccc2-c2ccccc21)C(=O)O. The lowest BCUT2D eigenvalue weighted by molar-refractivity contribution is -0.152. The molecule has 0 spiro atoms. The van der Waals surface area contributed by atoms with Gasteiger partial charge in [-0.25, -0.2) is 9.59 Å². The number of alkyl halides is 2. The van der Waals surface area contributed by atoms with Crippen molar-refractivity contribution in [1.82, 2.24) is 10.6 Å². The van der Waals surface area contributed by atoms with Crippen LogP contribution in [0.2, 0.25) is 0 Å². The summed E-state index contributed by atoms with van der Waals surface area (Å²) in [6, 6.07) is 13.3. The van der Waals surface area contributed by atoms with Crippen molar-refractivity contribution < 1.29 is 38.1 Å². The maximum absolute atomic E-state index is 14.0. The summed E-state index contributed by atoms with van der Waals surface area (Å²) < 4.78 is 33.2. The lowest BCUT2D eigenvalue weighted by Crippen LogP contribution is -2.55. The Hall–Kier alpha value is -3.53. The monoisotopic (exact) mass is 448 g/mol. The molecule has 2 unspecified atom stereocenters. The first kappa shape index (κ1) is 23.1. The lowest BCUT2D eigenvalue weighted by Gasteiger charge is -2.22. The number of halogens is 2. The highest BCUT2D eigenvalue weighted by Crippen LogP contribution is 2.44. The van der Waals surface area contributed by atoms with Gasteiger partial charge in [0, 0.05) is 5.92 Å². The zero-order valence-electron chi connectivity index (χ0n) is 17.0. The minimum atomic E-state index is -4.12. The molecule has 3 rings (SSSR count). The molecule has 2 atom stereocenters. The molecule has 0 saturated carbocycles. The maximum atomic E-state index is 14.0. The number of carboxylic acids is 1. The van der Waals surface area contributed by atoms with Gasteiger partial charge in [-0.05, 0) is 29.2 Å². The number of amides is 2. The summed E-state index contributed by atoms with van der Waals surface area (Å²) in [6.45, 7) is -0.464. The molecule has 0 fully saturated rings. The molecule has 32 heavy (non-hydrogen) atoms. The molecular formula is C22H22F2N2O6. The molecule has 2 aromatic rings. The number of aliphatic hydroxyl groups excluding tert-OH is 1. The van der Waals surface area contributed by atoms with Gasteiger partial charge >= 0.3 is 18.0 Å². The zero-order chi connectivity index (χ0) is 23.5. The molecule has 0 bridgehead atoms. The normalized spacial score (nSPS) is 14.6. The van der Waals surface area contributed by atoms with Crippen molar-refractivity contribution in [2.75, 3.05) is 13.2 Å². The van der Waals surface area contributed by atoms with Gasteiger partial charge in [0.05, 0.1) is 12.6 Å². The molecule has 0 aliphatic heterocycles. The third-order valence-electron chi connectivity index (χ3n) is 5.17. The first-order valence-corrected chi connectivity index (χ1v) is 9.80. The van der Waals surface area contributed by atoms with Gasteiger partial charge in [0.1, 0.15) is 6.61 Å². The molecule has 8 nitrogen and oxygen atoms in total. The van der Waals surface area contributed by atoms with Crippen molar-refractivity contribution in [3.05, 3.63) is 59.7 Å². The standard InChI is InChI=1S/C22H22F2N2O6/c1-12(27)18(19(28)29)26-20(30)22(23,24)11-25-21(31)32-10-17-15-8-4-2-6-13(15)14-7-3-5-9-16(14)17/h2-9,12,17-18,27H,10-11H2,1H3,(H,25,31)(H,26,30)(H,28,29). The van der Waals surface area contributed by atoms with E-state index in [2.05, 4.69) is 0 Å². The minimum Gasteiger partial charge on any atom is -0.480 e. The number of alkyl carbamates (subject to hydrolysis) is 1. The predicted molar refractivity (Wildman–Crippen MR) is 109 cm³/mol. The molecule has 0 saturated heterocycles. The second kappa shape index (κ2) is 9.31. The first-order valence-electron chi connectivity index (χ1n) is 9.80. The first-order chi connectivity index (χ1) is 15.1. The van der Waals surface area contributed by atoms with E-state index in [0.717, 1.165) is 29.2 Å². The summed E-state index contributed by atoms with van der Waals surface area (Å²) in [6.07, 6.45) is -2.74. The van der Waals surface area contributed by atoms with E-state index in [0.29, 0.717) is 0 Å². The van der Waals surface area contributed by atoms with Crippen LogP contribution in [0, 0.1) is 0 Å². The third-order valence-corrected chi connectivity index (χ3v) is 5.17. The van der Waals surface area contributed by atoms with Crippen LogP contribution in [0.1, 0.15) is 24.0 Å². The second-order valence-corrected chi connectivity index (χ2v) is 7.41. The molecule has 2 amide bonds. The van der Waals surface area contributed by atoms with Gasteiger partial charge in [-0.15, -0.1) is 0 Å². The minimum absolute atomic E-state index is 0.0965. The lowest BCUT2D eigenvalue weighted by atomic mass is 9.98. The Morgan fingerprint density at radius 3 is 2.09 bits per heavy atom. The van der Waals surface area contributed by atoms with E-state index in [4.69, 9.17) is 9.84 Å². The van der Waals surface area contributed by atoms with Crippen molar-refractivity contribution >= 4 is 18.0 Å². The predicted octanol–water partition coefficient (Wildman–Crippen LogP) is 2.11. The van der Waals surface area contributed by atoms with Gasteiger partial charge in [-0.1, -0.05) is 48.5 Å². The molecule has 2 aromatic carbocycles. The highest BCUT2D eigenvalue weighted by molar-refractivity contribution is 5.89. The number of rotatable bonds is 8. The van der Waals surface area contributed by atoms with E-state index in [1.165, 1.54) is 0 Å². The van der Waals surface area contributed by atoms with Crippen LogP contribution in [0.3, 0.4) is 0 Å². The van der Waals surface area contributed by atoms with Gasteiger partial charge in [-0.2, -0.15) is 8.78 Å². The van der Waals surface area contributed by atoms with Crippen molar-refractivity contribution in [3.63, 3.8) is 0 Å². The van der Waals surface area contributed by atoms with E-state index >= 15 is 0 Å². The van der Waals surface area contributed by atoms with Crippen LogP contribution < -0.4 is 10.6 Å². The van der Waals surface area contributed by atoms with Crippen LogP contribution in [-0.4, -0.2) is 59.4 Å². The van der Waals surface area contributed by atoms with Crippen molar-refractivity contribution in [3.8, 4) is 11.1 Å². The van der Waals surface area contributed by atoms with Crippen LogP contribution in [0.15, 0.2) is 48.5 Å². The molecular weight excluding hydrogens is 426 g/mol. The summed E-state index contributed by atoms with van der Waals surface area (Å²) >= 11 is 0. The Balaban J connectivity index is 1.57. The molecule has 1 aliphatic carbocycles. The molecule has 0 radical (unpaired) electrons. The summed E-state index contributed by atoms with van der Waals surface area (Å²) in [5, 5.41) is 21.6. The number of fused-ring (bicyclic) bond motifs is 3. The Morgan fingerprint density at radius 2 is 1.59 bits per heavy atom. The number of hydrogen-bond acceptors (Lipinski definition) is 5.